The second-order valence-corrected chi connectivity index (χ2v) is 4.81. The average molecular weight is 255 g/mol. The van der Waals surface area contributed by atoms with Crippen LogP contribution in [0.5, 0.6) is 0 Å². The van der Waals surface area contributed by atoms with Crippen molar-refractivity contribution in [2.24, 2.45) is 0 Å². The molecule has 0 saturated heterocycles. The second-order valence-electron chi connectivity index (χ2n) is 4.81. The van der Waals surface area contributed by atoms with Gasteiger partial charge in [0.2, 0.25) is 0 Å². The maximum atomic E-state index is 4.52. The van der Waals surface area contributed by atoms with Crippen molar-refractivity contribution < 1.29 is 0 Å². The Morgan fingerprint density at radius 1 is 1.21 bits per heavy atom. The molecule has 2 rings (SSSR count). The summed E-state index contributed by atoms with van der Waals surface area (Å²) in [5, 5.41) is 3.32. The number of aryl methyl sites for hydroxylation is 2. The smallest absolute Gasteiger partial charge is 0.0579 e. The summed E-state index contributed by atoms with van der Waals surface area (Å²) < 4.78 is 0. The molecule has 3 heteroatoms. The van der Waals surface area contributed by atoms with E-state index in [1.165, 1.54) is 11.1 Å². The first-order valence-electron chi connectivity index (χ1n) is 6.76. The molecular weight excluding hydrogens is 234 g/mol. The van der Waals surface area contributed by atoms with Crippen molar-refractivity contribution in [3.8, 4) is 0 Å². The predicted molar refractivity (Wildman–Crippen MR) is 78.1 cm³/mol. The number of likely N-dealkylation sites (N-methyl/N-ethyl adjacent to an activating group) is 1. The molecule has 2 heterocycles. The SMILES string of the molecule is CCc1ccc(CC(NC)c2cc(C)ccn2)nc1. The molecule has 0 aliphatic heterocycles. The zero-order valence-electron chi connectivity index (χ0n) is 11.9. The number of pyridine rings is 2. The van der Waals surface area contributed by atoms with E-state index in [0.717, 1.165) is 24.2 Å². The first-order valence-corrected chi connectivity index (χ1v) is 6.76. The van der Waals surface area contributed by atoms with Crippen molar-refractivity contribution in [2.45, 2.75) is 32.7 Å². The number of hydrogen-bond donors (Lipinski definition) is 1. The monoisotopic (exact) mass is 255 g/mol. The molecule has 1 atom stereocenters. The molecule has 0 fully saturated rings. The zero-order chi connectivity index (χ0) is 13.7. The highest BCUT2D eigenvalue weighted by molar-refractivity contribution is 5.20. The van der Waals surface area contributed by atoms with E-state index in [9.17, 15) is 0 Å². The third kappa shape index (κ3) is 3.61. The minimum atomic E-state index is 0.208. The second kappa shape index (κ2) is 6.43. The van der Waals surface area contributed by atoms with Crippen molar-refractivity contribution in [1.29, 1.82) is 0 Å². The Kier molecular flexibility index (Phi) is 4.63. The molecule has 19 heavy (non-hydrogen) atoms. The van der Waals surface area contributed by atoms with Crippen LogP contribution in [0.3, 0.4) is 0 Å². The fourth-order valence-electron chi connectivity index (χ4n) is 2.10. The van der Waals surface area contributed by atoms with Gasteiger partial charge in [0.05, 0.1) is 11.7 Å². The van der Waals surface area contributed by atoms with Crippen LogP contribution in [0.1, 0.15) is 35.5 Å². The molecule has 2 aromatic rings. The number of rotatable bonds is 5. The molecular formula is C16H21N3. The maximum absolute atomic E-state index is 4.52. The lowest BCUT2D eigenvalue weighted by Gasteiger charge is -2.15. The predicted octanol–water partition coefficient (Wildman–Crippen LogP) is 2.85. The summed E-state index contributed by atoms with van der Waals surface area (Å²) in [6.45, 7) is 4.23. The van der Waals surface area contributed by atoms with Crippen LogP contribution in [0.4, 0.5) is 0 Å². The van der Waals surface area contributed by atoms with Gasteiger partial charge in [-0.2, -0.15) is 0 Å². The Labute approximate surface area is 115 Å². The Morgan fingerprint density at radius 3 is 2.63 bits per heavy atom. The lowest BCUT2D eigenvalue weighted by molar-refractivity contribution is 0.568. The maximum Gasteiger partial charge on any atom is 0.0579 e. The lowest BCUT2D eigenvalue weighted by atomic mass is 10.0. The van der Waals surface area contributed by atoms with E-state index in [1.807, 2.05) is 25.5 Å². The highest BCUT2D eigenvalue weighted by atomic mass is 14.9. The molecule has 3 nitrogen and oxygen atoms in total. The van der Waals surface area contributed by atoms with Gasteiger partial charge in [-0.15, -0.1) is 0 Å². The summed E-state index contributed by atoms with van der Waals surface area (Å²) in [6.07, 6.45) is 5.72. The lowest BCUT2D eigenvalue weighted by Crippen LogP contribution is -2.20. The summed E-state index contributed by atoms with van der Waals surface area (Å²) in [6, 6.07) is 8.61. The van der Waals surface area contributed by atoms with Crippen molar-refractivity contribution in [3.05, 3.63) is 59.2 Å². The first kappa shape index (κ1) is 13.7. The zero-order valence-corrected chi connectivity index (χ0v) is 11.9. The normalized spacial score (nSPS) is 12.4. The molecule has 0 saturated carbocycles. The molecule has 0 radical (unpaired) electrons. The van der Waals surface area contributed by atoms with Crippen LogP contribution in [0.15, 0.2) is 36.7 Å². The third-order valence-corrected chi connectivity index (χ3v) is 3.35. The average Bonchev–Trinajstić information content (AvgIpc) is 2.45. The van der Waals surface area contributed by atoms with Crippen molar-refractivity contribution in [1.82, 2.24) is 15.3 Å². The van der Waals surface area contributed by atoms with Crippen LogP contribution in [0, 0.1) is 6.92 Å². The number of nitrogens with zero attached hydrogens (tertiary/aromatic N) is 2. The minimum absolute atomic E-state index is 0.208. The Balaban J connectivity index is 2.14. The van der Waals surface area contributed by atoms with Crippen molar-refractivity contribution in [2.75, 3.05) is 7.05 Å². The van der Waals surface area contributed by atoms with E-state index >= 15 is 0 Å². The van der Waals surface area contributed by atoms with Gasteiger partial charge in [0.15, 0.2) is 0 Å². The molecule has 0 aliphatic rings. The number of hydrogen-bond acceptors (Lipinski definition) is 3. The van der Waals surface area contributed by atoms with Gasteiger partial charge in [-0.25, -0.2) is 0 Å². The van der Waals surface area contributed by atoms with Crippen LogP contribution in [0.2, 0.25) is 0 Å². The highest BCUT2D eigenvalue weighted by Crippen LogP contribution is 2.16. The summed E-state index contributed by atoms with van der Waals surface area (Å²) in [7, 11) is 1.97. The van der Waals surface area contributed by atoms with Gasteiger partial charge in [0.25, 0.3) is 0 Å². The van der Waals surface area contributed by atoms with Crippen LogP contribution < -0.4 is 5.32 Å². The molecule has 0 bridgehead atoms. The molecule has 0 aromatic carbocycles. The van der Waals surface area contributed by atoms with Crippen LogP contribution in [0.25, 0.3) is 0 Å². The van der Waals surface area contributed by atoms with E-state index in [0.29, 0.717) is 0 Å². The van der Waals surface area contributed by atoms with E-state index in [2.05, 4.69) is 47.3 Å². The van der Waals surface area contributed by atoms with E-state index in [1.54, 1.807) is 0 Å². The molecule has 1 unspecified atom stereocenters. The largest absolute Gasteiger partial charge is 0.311 e. The molecule has 0 amide bonds. The van der Waals surface area contributed by atoms with E-state index in [-0.39, 0.29) is 6.04 Å². The van der Waals surface area contributed by atoms with E-state index in [4.69, 9.17) is 0 Å². The summed E-state index contributed by atoms with van der Waals surface area (Å²) >= 11 is 0. The molecule has 100 valence electrons. The van der Waals surface area contributed by atoms with Crippen molar-refractivity contribution in [3.63, 3.8) is 0 Å². The van der Waals surface area contributed by atoms with Crippen LogP contribution in [-0.4, -0.2) is 17.0 Å². The molecule has 2 aromatic heterocycles. The van der Waals surface area contributed by atoms with Gasteiger partial charge < -0.3 is 5.32 Å². The summed E-state index contributed by atoms with van der Waals surface area (Å²) in [5.41, 5.74) is 4.68. The minimum Gasteiger partial charge on any atom is -0.311 e. The highest BCUT2D eigenvalue weighted by Gasteiger charge is 2.12. The van der Waals surface area contributed by atoms with Crippen molar-refractivity contribution >= 4 is 0 Å². The standard InChI is InChI=1S/C16H21N3/c1-4-13-5-6-14(19-11-13)10-15(17-3)16-9-12(2)7-8-18-16/h5-9,11,15,17H,4,10H2,1-3H3. The van der Waals surface area contributed by atoms with Gasteiger partial charge in [0, 0.05) is 24.5 Å². The van der Waals surface area contributed by atoms with E-state index < -0.39 is 0 Å². The van der Waals surface area contributed by atoms with Gasteiger partial charge in [-0.3, -0.25) is 9.97 Å². The quantitative estimate of drug-likeness (QED) is 0.892. The first-order chi connectivity index (χ1) is 9.22. The Hall–Kier alpha value is -1.74. The molecule has 0 aliphatic carbocycles. The van der Waals surface area contributed by atoms with Crippen LogP contribution in [-0.2, 0) is 12.8 Å². The fourth-order valence-corrected chi connectivity index (χ4v) is 2.10. The fraction of sp³-hybridized carbons (Fsp3) is 0.375. The van der Waals surface area contributed by atoms with Gasteiger partial charge in [-0.05, 0) is 49.7 Å². The number of aromatic nitrogens is 2. The Morgan fingerprint density at radius 2 is 2.05 bits per heavy atom. The summed E-state index contributed by atoms with van der Waals surface area (Å²) in [5.74, 6) is 0. The van der Waals surface area contributed by atoms with Gasteiger partial charge >= 0.3 is 0 Å². The topological polar surface area (TPSA) is 37.8 Å². The molecule has 1 N–H and O–H groups in total. The van der Waals surface area contributed by atoms with Gasteiger partial charge in [-0.1, -0.05) is 13.0 Å². The van der Waals surface area contributed by atoms with Crippen LogP contribution >= 0.6 is 0 Å². The van der Waals surface area contributed by atoms with Gasteiger partial charge in [0.1, 0.15) is 0 Å². The summed E-state index contributed by atoms with van der Waals surface area (Å²) in [4.78, 5) is 8.97. The molecule has 0 spiro atoms. The Bertz CT molecular complexity index is 520. The number of nitrogens with one attached hydrogen (secondary N) is 1. The third-order valence-electron chi connectivity index (χ3n) is 3.35.